The fraction of sp³-hybridized carbons (Fsp3) is 0.667. The van der Waals surface area contributed by atoms with Gasteiger partial charge in [-0.1, -0.05) is 29.8 Å². The van der Waals surface area contributed by atoms with Crippen molar-refractivity contribution in [2.45, 2.75) is 32.7 Å². The molecule has 12 heavy (non-hydrogen) atoms. The summed E-state index contributed by atoms with van der Waals surface area (Å²) < 4.78 is 2.18. The lowest BCUT2D eigenvalue weighted by Crippen LogP contribution is -2.24. The smallest absolute Gasteiger partial charge is 0.115 e. The van der Waals surface area contributed by atoms with Gasteiger partial charge in [-0.15, -0.1) is 0 Å². The SMILES string of the molecule is CCn1ccnc1C(C)(C)CBr. The van der Waals surface area contributed by atoms with Crippen LogP contribution in [-0.4, -0.2) is 14.9 Å². The van der Waals surface area contributed by atoms with E-state index in [1.54, 1.807) is 0 Å². The van der Waals surface area contributed by atoms with Gasteiger partial charge in [0, 0.05) is 29.7 Å². The quantitative estimate of drug-likeness (QED) is 0.731. The van der Waals surface area contributed by atoms with Crippen LogP contribution in [0.4, 0.5) is 0 Å². The van der Waals surface area contributed by atoms with Crippen molar-refractivity contribution >= 4 is 15.9 Å². The van der Waals surface area contributed by atoms with E-state index in [2.05, 4.69) is 46.3 Å². The first-order valence-corrected chi connectivity index (χ1v) is 5.31. The van der Waals surface area contributed by atoms with E-state index in [0.717, 1.165) is 17.7 Å². The fourth-order valence-electron chi connectivity index (χ4n) is 1.21. The normalized spacial score (nSPS) is 12.0. The van der Waals surface area contributed by atoms with E-state index in [4.69, 9.17) is 0 Å². The van der Waals surface area contributed by atoms with Crippen LogP contribution in [0.1, 0.15) is 26.6 Å². The average molecular weight is 231 g/mol. The Morgan fingerprint density at radius 2 is 2.25 bits per heavy atom. The first kappa shape index (κ1) is 9.78. The van der Waals surface area contributed by atoms with Crippen molar-refractivity contribution in [1.82, 2.24) is 9.55 Å². The highest BCUT2D eigenvalue weighted by Crippen LogP contribution is 2.23. The Morgan fingerprint density at radius 1 is 1.58 bits per heavy atom. The second kappa shape index (κ2) is 3.60. The van der Waals surface area contributed by atoms with Crippen LogP contribution in [0.15, 0.2) is 12.4 Å². The van der Waals surface area contributed by atoms with Crippen molar-refractivity contribution in [2.24, 2.45) is 0 Å². The maximum atomic E-state index is 4.36. The molecule has 1 rings (SSSR count). The molecule has 0 N–H and O–H groups in total. The molecule has 0 aliphatic heterocycles. The first-order chi connectivity index (χ1) is 5.61. The molecule has 1 aromatic rings. The predicted octanol–water partition coefficient (Wildman–Crippen LogP) is 2.58. The lowest BCUT2D eigenvalue weighted by atomic mass is 9.95. The summed E-state index contributed by atoms with van der Waals surface area (Å²) in [5, 5.41) is 0.941. The Bertz CT molecular complexity index is 253. The number of aromatic nitrogens is 2. The minimum absolute atomic E-state index is 0.125. The number of hydrogen-bond donors (Lipinski definition) is 0. The molecule has 0 aliphatic carbocycles. The maximum Gasteiger partial charge on any atom is 0.115 e. The Hall–Kier alpha value is -0.310. The third-order valence-corrected chi connectivity index (χ3v) is 3.40. The largest absolute Gasteiger partial charge is 0.335 e. The standard InChI is InChI=1S/C9H15BrN2/c1-4-12-6-5-11-8(12)9(2,3)7-10/h5-6H,4,7H2,1-3H3. The average Bonchev–Trinajstić information content (AvgIpc) is 2.52. The van der Waals surface area contributed by atoms with Crippen LogP contribution >= 0.6 is 15.9 Å². The number of alkyl halides is 1. The highest BCUT2D eigenvalue weighted by Gasteiger charge is 2.23. The topological polar surface area (TPSA) is 17.8 Å². The number of hydrogen-bond acceptors (Lipinski definition) is 1. The molecule has 2 nitrogen and oxygen atoms in total. The van der Waals surface area contributed by atoms with Crippen molar-refractivity contribution in [1.29, 1.82) is 0 Å². The third-order valence-electron chi connectivity index (χ3n) is 2.00. The van der Waals surface area contributed by atoms with Crippen LogP contribution in [0.2, 0.25) is 0 Å². The van der Waals surface area contributed by atoms with Gasteiger partial charge >= 0.3 is 0 Å². The van der Waals surface area contributed by atoms with Crippen molar-refractivity contribution in [3.05, 3.63) is 18.2 Å². The zero-order valence-corrected chi connectivity index (χ0v) is 9.43. The van der Waals surface area contributed by atoms with E-state index in [-0.39, 0.29) is 5.41 Å². The molecule has 0 bridgehead atoms. The summed E-state index contributed by atoms with van der Waals surface area (Å²) in [6, 6.07) is 0. The van der Waals surface area contributed by atoms with E-state index in [1.807, 2.05) is 12.4 Å². The molecule has 68 valence electrons. The molecule has 0 radical (unpaired) electrons. The molecule has 0 amide bonds. The molecule has 0 saturated carbocycles. The predicted molar refractivity (Wildman–Crippen MR) is 54.7 cm³/mol. The van der Waals surface area contributed by atoms with Gasteiger partial charge in [0.1, 0.15) is 5.82 Å². The molecule has 0 aromatic carbocycles. The van der Waals surface area contributed by atoms with Gasteiger partial charge in [-0.3, -0.25) is 0 Å². The van der Waals surface area contributed by atoms with Crippen LogP contribution in [-0.2, 0) is 12.0 Å². The molecule has 1 aromatic heterocycles. The van der Waals surface area contributed by atoms with Gasteiger partial charge in [-0.2, -0.15) is 0 Å². The minimum atomic E-state index is 0.125. The van der Waals surface area contributed by atoms with Crippen LogP contribution in [0.25, 0.3) is 0 Å². The second-order valence-electron chi connectivity index (χ2n) is 3.55. The third kappa shape index (κ3) is 1.71. The van der Waals surface area contributed by atoms with Gasteiger partial charge in [0.05, 0.1) is 0 Å². The van der Waals surface area contributed by atoms with E-state index in [0.29, 0.717) is 0 Å². The Kier molecular flexibility index (Phi) is 2.94. The number of halogens is 1. The van der Waals surface area contributed by atoms with E-state index in [9.17, 15) is 0 Å². The summed E-state index contributed by atoms with van der Waals surface area (Å²) in [5.41, 5.74) is 0.125. The van der Waals surface area contributed by atoms with Crippen LogP contribution < -0.4 is 0 Å². The Balaban J connectivity index is 3.00. The number of aryl methyl sites for hydroxylation is 1. The van der Waals surface area contributed by atoms with Gasteiger partial charge in [-0.25, -0.2) is 4.98 Å². The zero-order chi connectivity index (χ0) is 9.19. The monoisotopic (exact) mass is 230 g/mol. The zero-order valence-electron chi connectivity index (χ0n) is 7.84. The minimum Gasteiger partial charge on any atom is -0.335 e. The van der Waals surface area contributed by atoms with E-state index in [1.165, 1.54) is 0 Å². The molecule has 1 heterocycles. The number of rotatable bonds is 3. The van der Waals surface area contributed by atoms with Crippen LogP contribution in [0.3, 0.4) is 0 Å². The highest BCUT2D eigenvalue weighted by atomic mass is 79.9. The second-order valence-corrected chi connectivity index (χ2v) is 4.12. The lowest BCUT2D eigenvalue weighted by Gasteiger charge is -2.21. The molecule has 3 heteroatoms. The van der Waals surface area contributed by atoms with Gasteiger partial charge in [0.15, 0.2) is 0 Å². The summed E-state index contributed by atoms with van der Waals surface area (Å²) in [7, 11) is 0. The van der Waals surface area contributed by atoms with Gasteiger partial charge in [0.2, 0.25) is 0 Å². The molecule has 0 fully saturated rings. The van der Waals surface area contributed by atoms with E-state index < -0.39 is 0 Å². The van der Waals surface area contributed by atoms with Gasteiger partial charge < -0.3 is 4.57 Å². The summed E-state index contributed by atoms with van der Waals surface area (Å²) in [6.07, 6.45) is 3.89. The first-order valence-electron chi connectivity index (χ1n) is 4.19. The summed E-state index contributed by atoms with van der Waals surface area (Å²) >= 11 is 3.50. The fourth-order valence-corrected chi connectivity index (χ4v) is 1.46. The van der Waals surface area contributed by atoms with Gasteiger partial charge in [0.25, 0.3) is 0 Å². The molecular formula is C9H15BrN2. The van der Waals surface area contributed by atoms with Gasteiger partial charge in [-0.05, 0) is 6.92 Å². The van der Waals surface area contributed by atoms with Crippen molar-refractivity contribution in [3.8, 4) is 0 Å². The summed E-state index contributed by atoms with van der Waals surface area (Å²) in [6.45, 7) is 7.51. The van der Waals surface area contributed by atoms with Crippen molar-refractivity contribution in [3.63, 3.8) is 0 Å². The Labute approximate surface area is 82.1 Å². The van der Waals surface area contributed by atoms with Crippen molar-refractivity contribution < 1.29 is 0 Å². The molecule has 0 aliphatic rings. The lowest BCUT2D eigenvalue weighted by molar-refractivity contribution is 0.517. The van der Waals surface area contributed by atoms with Crippen molar-refractivity contribution in [2.75, 3.05) is 5.33 Å². The summed E-state index contributed by atoms with van der Waals surface area (Å²) in [5.74, 6) is 1.15. The number of imidazole rings is 1. The molecular weight excluding hydrogens is 216 g/mol. The molecule has 0 unspecified atom stereocenters. The Morgan fingerprint density at radius 3 is 2.75 bits per heavy atom. The van der Waals surface area contributed by atoms with E-state index >= 15 is 0 Å². The molecule has 0 saturated heterocycles. The maximum absolute atomic E-state index is 4.36. The molecule has 0 atom stereocenters. The highest BCUT2D eigenvalue weighted by molar-refractivity contribution is 9.09. The molecule has 0 spiro atoms. The van der Waals surface area contributed by atoms with Crippen LogP contribution in [0.5, 0.6) is 0 Å². The number of nitrogens with zero attached hydrogens (tertiary/aromatic N) is 2. The summed E-state index contributed by atoms with van der Waals surface area (Å²) in [4.78, 5) is 4.36. The van der Waals surface area contributed by atoms with Crippen LogP contribution in [0, 0.1) is 0 Å².